The van der Waals surface area contributed by atoms with Crippen molar-refractivity contribution in [3.05, 3.63) is 47.0 Å². The van der Waals surface area contributed by atoms with E-state index in [4.69, 9.17) is 16.3 Å². The van der Waals surface area contributed by atoms with Crippen LogP contribution in [0.25, 0.3) is 0 Å². The fraction of sp³-hybridized carbons (Fsp3) is 0.267. The van der Waals surface area contributed by atoms with E-state index in [1.165, 1.54) is 12.4 Å². The molecular formula is C15H16ClN3O3. The Morgan fingerprint density at radius 2 is 2.18 bits per heavy atom. The lowest BCUT2D eigenvalue weighted by Crippen LogP contribution is -2.16. The molecule has 0 atom stereocenters. The number of aromatic nitrogens is 2. The molecule has 1 heterocycles. The summed E-state index contributed by atoms with van der Waals surface area (Å²) in [5.41, 5.74) is 1.38. The number of amides is 1. The minimum Gasteiger partial charge on any atom is -0.459 e. The molecule has 0 saturated carbocycles. The average Bonchev–Trinajstić information content (AvgIpc) is 2.93. The third-order valence-corrected chi connectivity index (χ3v) is 3.05. The van der Waals surface area contributed by atoms with Crippen LogP contribution in [0.1, 0.15) is 29.9 Å². The molecule has 2 aromatic rings. The fourth-order valence-corrected chi connectivity index (χ4v) is 1.94. The SMILES string of the molecule is CC(C)OC(=O)c1ccc(Cl)c(NC(=O)Cc2cnc[nH]2)c1. The van der Waals surface area contributed by atoms with Crippen LogP contribution in [0.15, 0.2) is 30.7 Å². The Hall–Kier alpha value is -2.34. The Kier molecular flexibility index (Phi) is 5.16. The average molecular weight is 322 g/mol. The van der Waals surface area contributed by atoms with Crippen molar-refractivity contribution < 1.29 is 14.3 Å². The molecule has 116 valence electrons. The predicted molar refractivity (Wildman–Crippen MR) is 82.9 cm³/mol. The van der Waals surface area contributed by atoms with E-state index < -0.39 is 5.97 Å². The van der Waals surface area contributed by atoms with Gasteiger partial charge in [0.1, 0.15) is 0 Å². The van der Waals surface area contributed by atoms with Crippen LogP contribution in [0.5, 0.6) is 0 Å². The summed E-state index contributed by atoms with van der Waals surface area (Å²) in [6, 6.07) is 4.60. The van der Waals surface area contributed by atoms with Gasteiger partial charge in [-0.25, -0.2) is 9.78 Å². The lowest BCUT2D eigenvalue weighted by Gasteiger charge is -2.11. The van der Waals surface area contributed by atoms with Gasteiger partial charge in [-0.3, -0.25) is 4.79 Å². The molecule has 0 bridgehead atoms. The molecule has 0 aliphatic rings. The van der Waals surface area contributed by atoms with Gasteiger partial charge < -0.3 is 15.0 Å². The van der Waals surface area contributed by atoms with Gasteiger partial charge in [-0.15, -0.1) is 0 Å². The zero-order valence-corrected chi connectivity index (χ0v) is 13.0. The molecule has 0 aliphatic heterocycles. The quantitative estimate of drug-likeness (QED) is 0.829. The normalized spacial score (nSPS) is 10.5. The highest BCUT2D eigenvalue weighted by molar-refractivity contribution is 6.33. The van der Waals surface area contributed by atoms with Gasteiger partial charge in [-0.1, -0.05) is 11.6 Å². The Morgan fingerprint density at radius 1 is 1.41 bits per heavy atom. The number of H-pyrrole nitrogens is 1. The molecule has 0 radical (unpaired) electrons. The van der Waals surface area contributed by atoms with Crippen LogP contribution in [0.4, 0.5) is 5.69 Å². The first-order valence-electron chi connectivity index (χ1n) is 6.73. The van der Waals surface area contributed by atoms with Gasteiger partial charge in [0, 0.05) is 11.9 Å². The molecule has 6 nitrogen and oxygen atoms in total. The summed E-state index contributed by atoms with van der Waals surface area (Å²) >= 11 is 6.05. The van der Waals surface area contributed by atoms with E-state index in [0.29, 0.717) is 22.0 Å². The van der Waals surface area contributed by atoms with Gasteiger partial charge in [0.25, 0.3) is 0 Å². The van der Waals surface area contributed by atoms with Crippen molar-refractivity contribution in [1.29, 1.82) is 0 Å². The third kappa shape index (κ3) is 4.33. The second-order valence-electron chi connectivity index (χ2n) is 4.95. The van der Waals surface area contributed by atoms with Gasteiger partial charge >= 0.3 is 5.97 Å². The number of hydrogen-bond acceptors (Lipinski definition) is 4. The second kappa shape index (κ2) is 7.09. The van der Waals surface area contributed by atoms with E-state index in [9.17, 15) is 9.59 Å². The van der Waals surface area contributed by atoms with E-state index >= 15 is 0 Å². The number of carbonyl (C=O) groups excluding carboxylic acids is 2. The summed E-state index contributed by atoms with van der Waals surface area (Å²) < 4.78 is 5.11. The lowest BCUT2D eigenvalue weighted by molar-refractivity contribution is -0.115. The van der Waals surface area contributed by atoms with Crippen LogP contribution in [0.3, 0.4) is 0 Å². The maximum atomic E-state index is 12.0. The van der Waals surface area contributed by atoms with E-state index in [0.717, 1.165) is 0 Å². The zero-order chi connectivity index (χ0) is 16.1. The molecule has 2 rings (SSSR count). The summed E-state index contributed by atoms with van der Waals surface area (Å²) in [6.07, 6.45) is 2.98. The first-order chi connectivity index (χ1) is 10.5. The number of ether oxygens (including phenoxy) is 1. The number of nitrogens with one attached hydrogen (secondary N) is 2. The largest absolute Gasteiger partial charge is 0.459 e. The molecular weight excluding hydrogens is 306 g/mol. The molecule has 7 heteroatoms. The molecule has 1 amide bonds. The van der Waals surface area contributed by atoms with Crippen LogP contribution < -0.4 is 5.32 Å². The summed E-state index contributed by atoms with van der Waals surface area (Å²) in [7, 11) is 0. The number of aromatic amines is 1. The van der Waals surface area contributed by atoms with Crippen LogP contribution in [0.2, 0.25) is 5.02 Å². The van der Waals surface area contributed by atoms with Gasteiger partial charge in [-0.2, -0.15) is 0 Å². The Bertz CT molecular complexity index is 669. The minimum atomic E-state index is -0.462. The van der Waals surface area contributed by atoms with E-state index in [2.05, 4.69) is 15.3 Å². The molecule has 0 saturated heterocycles. The first kappa shape index (κ1) is 16.0. The first-order valence-corrected chi connectivity index (χ1v) is 7.11. The number of nitrogens with zero attached hydrogens (tertiary/aromatic N) is 1. The van der Waals surface area contributed by atoms with Gasteiger partial charge in [0.15, 0.2) is 0 Å². The number of hydrogen-bond donors (Lipinski definition) is 2. The molecule has 1 aromatic heterocycles. The molecule has 1 aromatic carbocycles. The van der Waals surface area contributed by atoms with Crippen molar-refractivity contribution in [2.75, 3.05) is 5.32 Å². The highest BCUT2D eigenvalue weighted by Gasteiger charge is 2.13. The highest BCUT2D eigenvalue weighted by Crippen LogP contribution is 2.24. The number of esters is 1. The van der Waals surface area contributed by atoms with E-state index in [1.54, 1.807) is 32.2 Å². The number of anilines is 1. The summed E-state index contributed by atoms with van der Waals surface area (Å²) in [4.78, 5) is 30.5. The minimum absolute atomic E-state index is 0.136. The van der Waals surface area contributed by atoms with Crippen molar-refractivity contribution in [2.24, 2.45) is 0 Å². The molecule has 22 heavy (non-hydrogen) atoms. The Labute approximate surface area is 132 Å². The maximum absolute atomic E-state index is 12.0. The maximum Gasteiger partial charge on any atom is 0.338 e. The Balaban J connectivity index is 2.09. The molecule has 0 aliphatic carbocycles. The summed E-state index contributed by atoms with van der Waals surface area (Å²) in [6.45, 7) is 3.53. The van der Waals surface area contributed by atoms with Crippen molar-refractivity contribution in [1.82, 2.24) is 9.97 Å². The lowest BCUT2D eigenvalue weighted by atomic mass is 10.2. The van der Waals surface area contributed by atoms with Crippen LogP contribution in [-0.4, -0.2) is 27.9 Å². The van der Waals surface area contributed by atoms with Gasteiger partial charge in [-0.05, 0) is 32.0 Å². The molecule has 0 spiro atoms. The van der Waals surface area contributed by atoms with Crippen molar-refractivity contribution in [3.63, 3.8) is 0 Å². The number of benzene rings is 1. The molecule has 2 N–H and O–H groups in total. The highest BCUT2D eigenvalue weighted by atomic mass is 35.5. The molecule has 0 unspecified atom stereocenters. The predicted octanol–water partition coefficient (Wildman–Crippen LogP) is 2.81. The fourth-order valence-electron chi connectivity index (χ4n) is 1.78. The van der Waals surface area contributed by atoms with Crippen LogP contribution >= 0.6 is 11.6 Å². The monoisotopic (exact) mass is 321 g/mol. The zero-order valence-electron chi connectivity index (χ0n) is 12.2. The smallest absolute Gasteiger partial charge is 0.338 e. The van der Waals surface area contributed by atoms with Crippen LogP contribution in [-0.2, 0) is 16.0 Å². The van der Waals surface area contributed by atoms with E-state index in [-0.39, 0.29) is 18.4 Å². The number of imidazole rings is 1. The third-order valence-electron chi connectivity index (χ3n) is 2.72. The van der Waals surface area contributed by atoms with Crippen molar-refractivity contribution in [3.8, 4) is 0 Å². The topological polar surface area (TPSA) is 84.1 Å². The number of halogens is 1. The summed E-state index contributed by atoms with van der Waals surface area (Å²) in [5, 5.41) is 3.02. The van der Waals surface area contributed by atoms with Gasteiger partial charge in [0.05, 0.1) is 35.1 Å². The standard InChI is InChI=1S/C15H16ClN3O3/c1-9(2)22-15(21)10-3-4-12(16)13(5-10)19-14(20)6-11-7-17-8-18-11/h3-5,7-9H,6H2,1-2H3,(H,17,18)(H,19,20). The second-order valence-corrected chi connectivity index (χ2v) is 5.36. The number of carbonyl (C=O) groups is 2. The summed E-state index contributed by atoms with van der Waals surface area (Å²) in [5.74, 6) is -0.726. The molecule has 0 fully saturated rings. The van der Waals surface area contributed by atoms with Crippen LogP contribution in [0, 0.1) is 0 Å². The van der Waals surface area contributed by atoms with Crippen molar-refractivity contribution >= 4 is 29.2 Å². The van der Waals surface area contributed by atoms with E-state index in [1.807, 2.05) is 0 Å². The number of rotatable bonds is 5. The Morgan fingerprint density at radius 3 is 2.82 bits per heavy atom. The van der Waals surface area contributed by atoms with Gasteiger partial charge in [0.2, 0.25) is 5.91 Å². The van der Waals surface area contributed by atoms with Crippen molar-refractivity contribution in [2.45, 2.75) is 26.4 Å².